The number of carbonyl (C=O) groups is 2. The molecule has 4 aromatic rings. The lowest BCUT2D eigenvalue weighted by atomic mass is 9.88. The second-order valence-electron chi connectivity index (χ2n) is 15.6. The highest BCUT2D eigenvalue weighted by atomic mass is 35.5. The van der Waals surface area contributed by atoms with E-state index < -0.39 is 39.7 Å². The Morgan fingerprint density at radius 1 is 0.731 bits per heavy atom. The third-order valence-corrected chi connectivity index (χ3v) is 13.0. The number of benzene rings is 6. The second kappa shape index (κ2) is 19.7. The average Bonchev–Trinajstić information content (AvgIpc) is 3.29. The minimum atomic E-state index is -4.11. The second-order valence-corrected chi connectivity index (χ2v) is 18.0. The van der Waals surface area contributed by atoms with Gasteiger partial charge in [-0.15, -0.1) is 0 Å². The highest BCUT2D eigenvalue weighted by Gasteiger charge is 2.28. The Morgan fingerprint density at radius 2 is 1.42 bits per heavy atom. The van der Waals surface area contributed by atoms with Crippen LogP contribution >= 0.6 is 23.2 Å². The summed E-state index contributed by atoms with van der Waals surface area (Å²) in [6.07, 6.45) is -0.507. The summed E-state index contributed by atoms with van der Waals surface area (Å²) in [7, 11) is -4.11. The summed E-state index contributed by atoms with van der Waals surface area (Å²) in [5.41, 5.74) is 2.00. The molecule has 0 atom stereocenters. The number of halogens is 2. The quantitative estimate of drug-likeness (QED) is 0.0452. The third-order valence-electron chi connectivity index (χ3n) is 11.6. The van der Waals surface area contributed by atoms with E-state index in [9.17, 15) is 42.9 Å². The molecule has 4 aromatic carbocycles. The fraction of sp³-hybridized carbons (Fsp3) is 0.245. The van der Waals surface area contributed by atoms with Crippen molar-refractivity contribution in [2.75, 3.05) is 43.4 Å². The Labute approximate surface area is 393 Å². The van der Waals surface area contributed by atoms with E-state index in [1.807, 2.05) is 17.9 Å². The zero-order valence-electron chi connectivity index (χ0n) is 36.7. The summed E-state index contributed by atoms with van der Waals surface area (Å²) in [6, 6.07) is 20.0. The number of nitrogens with zero attached hydrogens (tertiary/aromatic N) is 3. The third kappa shape index (κ3) is 10.1. The van der Waals surface area contributed by atoms with Crippen molar-refractivity contribution in [3.63, 3.8) is 0 Å². The highest BCUT2D eigenvalue weighted by molar-refractivity contribution is 7.85. The van der Waals surface area contributed by atoms with E-state index in [-0.39, 0.29) is 78.0 Å². The van der Waals surface area contributed by atoms with Gasteiger partial charge >= 0.3 is 11.9 Å². The van der Waals surface area contributed by atoms with Crippen molar-refractivity contribution in [2.24, 2.45) is 0 Å². The van der Waals surface area contributed by atoms with Gasteiger partial charge in [-0.1, -0.05) is 62.2 Å². The van der Waals surface area contributed by atoms with Gasteiger partial charge in [-0.05, 0) is 92.1 Å². The van der Waals surface area contributed by atoms with Crippen LogP contribution in [-0.2, 0) is 21.3 Å². The van der Waals surface area contributed by atoms with Crippen LogP contribution in [0, 0.1) is 0 Å². The molecule has 0 amide bonds. The fourth-order valence-electron chi connectivity index (χ4n) is 8.19. The van der Waals surface area contributed by atoms with Crippen molar-refractivity contribution >= 4 is 83.8 Å². The maximum atomic E-state index is 13.4. The smallest absolute Gasteiger partial charge is 0.336 e. The van der Waals surface area contributed by atoms with Crippen LogP contribution in [0.3, 0.4) is 0 Å². The van der Waals surface area contributed by atoms with Gasteiger partial charge < -0.3 is 34.0 Å². The van der Waals surface area contributed by atoms with E-state index in [1.54, 1.807) is 36.4 Å². The Balaban J connectivity index is 0.000000883. The molecule has 2 aliphatic heterocycles. The number of aromatic hydroxyl groups is 1. The van der Waals surface area contributed by atoms with Crippen LogP contribution in [0.1, 0.15) is 50.0 Å². The summed E-state index contributed by atoms with van der Waals surface area (Å²) < 4.78 is 43.9. The van der Waals surface area contributed by atoms with Gasteiger partial charge in [0.15, 0.2) is 16.8 Å². The zero-order valence-corrected chi connectivity index (χ0v) is 39.1. The fourth-order valence-corrected chi connectivity index (χ4v) is 9.07. The number of anilines is 1. The number of rotatable bonds is 14. The van der Waals surface area contributed by atoms with Gasteiger partial charge in [0, 0.05) is 69.8 Å². The summed E-state index contributed by atoms with van der Waals surface area (Å²) in [5.74, 6) is -3.43. The summed E-state index contributed by atoms with van der Waals surface area (Å²) >= 11 is 12.7. The standard InChI is InChI=1S/C43H30Cl2N2O12S.C6H15N/c1-2-47(10-3-11-60(55,56)57)22-6-9-32-36(14-22)58-37-18-33(48)23-7-4-20(12-25(23)40(37)46-32)21-5-8-24(26(13-21)43(53)54)39-27-15-30(44)34(49)19-35(27)59-42-28(39)16-31(45)41(52)29(42)17-38(50)51;1-4-7(5-2)6-3/h4-9,12-16,18-19,52H,2-3,10-11,17H2,1H3,(H,50,51)(H,53,54)(H,55,56,57);4-6H2,1-3H3. The number of carboxylic acids is 2. The molecule has 0 unspecified atom stereocenters. The Kier molecular flexibility index (Phi) is 14.2. The normalized spacial score (nSPS) is 11.8. The van der Waals surface area contributed by atoms with Gasteiger partial charge in [0.2, 0.25) is 5.43 Å². The van der Waals surface area contributed by atoms with Gasteiger partial charge in [0.05, 0.1) is 27.8 Å². The molecular weight excluding hydrogens is 926 g/mol. The number of phenols is 1. The predicted molar refractivity (Wildman–Crippen MR) is 260 cm³/mol. The van der Waals surface area contributed by atoms with Crippen LogP contribution in [0.2, 0.25) is 10.0 Å². The van der Waals surface area contributed by atoms with Crippen LogP contribution < -0.4 is 15.8 Å². The minimum Gasteiger partial charge on any atom is -0.506 e. The molecule has 0 saturated heterocycles. The number of hydrogen-bond donors (Lipinski definition) is 4. The Hall–Kier alpha value is -6.56. The number of fused-ring (bicyclic) bond motifs is 6. The molecule has 0 fully saturated rings. The molecule has 0 radical (unpaired) electrons. The monoisotopic (exact) mass is 969 g/mol. The Morgan fingerprint density at radius 3 is 2.06 bits per heavy atom. The van der Waals surface area contributed by atoms with Gasteiger partial charge in [0.1, 0.15) is 28.3 Å². The number of hydrogen-bond acceptors (Lipinski definition) is 12. The lowest BCUT2D eigenvalue weighted by molar-refractivity contribution is -0.136. The number of phenolic OH excluding ortho intramolecular Hbond substituents is 1. The van der Waals surface area contributed by atoms with Crippen molar-refractivity contribution in [3.05, 3.63) is 120 Å². The van der Waals surface area contributed by atoms with E-state index in [4.69, 9.17) is 41.6 Å². The van der Waals surface area contributed by atoms with Crippen molar-refractivity contribution in [2.45, 2.75) is 40.5 Å². The van der Waals surface area contributed by atoms with Crippen LogP contribution in [0.25, 0.3) is 77.9 Å². The van der Waals surface area contributed by atoms with Crippen LogP contribution in [-0.4, -0.2) is 88.6 Å². The zero-order chi connectivity index (χ0) is 48.5. The lowest BCUT2D eigenvalue weighted by Gasteiger charge is -2.23. The van der Waals surface area contributed by atoms with Crippen molar-refractivity contribution < 1.29 is 46.7 Å². The van der Waals surface area contributed by atoms with Crippen molar-refractivity contribution in [3.8, 4) is 50.8 Å². The minimum absolute atomic E-state index is 0.0458. The molecular formula is C49H45Cl2N3O12S. The number of carboxylic acid groups (broad SMARTS) is 2. The summed E-state index contributed by atoms with van der Waals surface area (Å²) in [5, 5.41) is 31.6. The first-order valence-electron chi connectivity index (χ1n) is 21.3. The topological polar surface area (TPSA) is 229 Å². The molecule has 0 aromatic heterocycles. The molecule has 15 nitrogen and oxygen atoms in total. The average molecular weight is 971 g/mol. The van der Waals surface area contributed by atoms with E-state index in [2.05, 4.69) is 25.7 Å². The van der Waals surface area contributed by atoms with Gasteiger partial charge in [0.25, 0.3) is 10.1 Å². The maximum Gasteiger partial charge on any atom is 0.336 e. The van der Waals surface area contributed by atoms with Crippen LogP contribution in [0.5, 0.6) is 5.75 Å². The maximum absolute atomic E-state index is 13.4. The van der Waals surface area contributed by atoms with Gasteiger partial charge in [-0.3, -0.25) is 18.9 Å². The molecule has 2 aliphatic carbocycles. The summed E-state index contributed by atoms with van der Waals surface area (Å²) in [6.45, 7) is 12.9. The molecule has 4 aliphatic rings. The largest absolute Gasteiger partial charge is 0.506 e. The van der Waals surface area contributed by atoms with Crippen molar-refractivity contribution in [1.82, 2.24) is 9.88 Å². The summed E-state index contributed by atoms with van der Waals surface area (Å²) in [4.78, 5) is 60.1. The lowest BCUT2D eigenvalue weighted by Crippen LogP contribution is -2.25. The molecule has 4 N–H and O–H groups in total. The van der Waals surface area contributed by atoms with Crippen LogP contribution in [0.15, 0.2) is 97.3 Å². The van der Waals surface area contributed by atoms with Crippen LogP contribution in [0.4, 0.5) is 5.69 Å². The molecule has 0 spiro atoms. The molecule has 0 bridgehead atoms. The molecule has 348 valence electrons. The van der Waals surface area contributed by atoms with E-state index in [0.29, 0.717) is 51.8 Å². The van der Waals surface area contributed by atoms with Gasteiger partial charge in [-0.25, -0.2) is 9.78 Å². The number of aromatic nitrogens is 1. The van der Waals surface area contributed by atoms with Crippen molar-refractivity contribution in [1.29, 1.82) is 0 Å². The molecule has 2 heterocycles. The molecule has 67 heavy (non-hydrogen) atoms. The van der Waals surface area contributed by atoms with E-state index in [0.717, 1.165) is 11.8 Å². The molecule has 0 saturated carbocycles. The first-order chi connectivity index (χ1) is 31.9. The predicted octanol–water partition coefficient (Wildman–Crippen LogP) is 9.78. The first kappa shape index (κ1) is 48.4. The van der Waals surface area contributed by atoms with E-state index in [1.165, 1.54) is 50.0 Å². The SMILES string of the molecule is CCN(CC)CC.CCN(CCCS(=O)(=O)O)c1ccc2nc3c4cc(-c5ccc(-c6c7cc(Cl)c(=O)cc-7oc7c(CC(=O)O)c(O)c(Cl)cc67)c(C(=O)O)c5)ccc4c(=O)cc-3oc2c1. The Bertz CT molecular complexity index is 3400. The number of aromatic carboxylic acids is 1. The van der Waals surface area contributed by atoms with Gasteiger partial charge in [-0.2, -0.15) is 8.42 Å². The van der Waals surface area contributed by atoms with E-state index >= 15 is 0 Å². The number of aliphatic carboxylic acids is 1. The highest BCUT2D eigenvalue weighted by Crippen LogP contribution is 2.47. The first-order valence-corrected chi connectivity index (χ1v) is 23.7. The molecule has 18 heteroatoms. The molecule has 8 rings (SSSR count).